The zero-order valence-corrected chi connectivity index (χ0v) is 18.8. The molecular weight excluding hydrogens is 468 g/mol. The molecule has 1 aromatic carbocycles. The van der Waals surface area contributed by atoms with Crippen LogP contribution in [0.15, 0.2) is 24.3 Å². The van der Waals surface area contributed by atoms with Crippen LogP contribution >= 0.6 is 0 Å². The molecule has 8 rings (SSSR count). The molecule has 0 radical (unpaired) electrons. The molecule has 0 amide bonds. The Kier molecular flexibility index (Phi) is 4.93. The first kappa shape index (κ1) is 23.5. The van der Waals surface area contributed by atoms with Crippen LogP contribution in [-0.2, 0) is 23.7 Å². The quantitative estimate of drug-likeness (QED) is 0.247. The molecule has 12 nitrogen and oxygen atoms in total. The van der Waals surface area contributed by atoms with E-state index in [1.807, 2.05) is 0 Å². The van der Waals surface area contributed by atoms with Crippen molar-refractivity contribution in [1.29, 1.82) is 0 Å². The number of aliphatic hydroxyl groups excluding tert-OH is 4. The van der Waals surface area contributed by atoms with Gasteiger partial charge in [-0.3, -0.25) is 0 Å². The number of rotatable bonds is 6. The molecule has 12 heteroatoms. The molecule has 3 saturated carbocycles. The van der Waals surface area contributed by atoms with Crippen molar-refractivity contribution in [1.82, 2.24) is 0 Å². The van der Waals surface area contributed by atoms with Crippen LogP contribution in [0.3, 0.4) is 0 Å². The summed E-state index contributed by atoms with van der Waals surface area (Å²) in [5, 5.41) is 61.2. The zero-order chi connectivity index (χ0) is 25.0. The van der Waals surface area contributed by atoms with Gasteiger partial charge in [-0.25, -0.2) is 4.79 Å². The van der Waals surface area contributed by atoms with Gasteiger partial charge in [0.2, 0.25) is 0 Å². The van der Waals surface area contributed by atoms with Crippen LogP contribution in [0.5, 0.6) is 5.75 Å². The molecule has 35 heavy (non-hydrogen) atoms. The molecule has 1 aromatic rings. The Morgan fingerprint density at radius 1 is 1.11 bits per heavy atom. The summed E-state index contributed by atoms with van der Waals surface area (Å²) in [5.74, 6) is -2.68. The van der Waals surface area contributed by atoms with E-state index in [4.69, 9.17) is 23.7 Å². The number of phenols is 1. The fraction of sp³-hybridized carbons (Fsp3) is 0.696. The molecule has 0 aromatic heterocycles. The van der Waals surface area contributed by atoms with Gasteiger partial charge in [-0.15, -0.1) is 0 Å². The van der Waals surface area contributed by atoms with Gasteiger partial charge in [0.1, 0.15) is 48.0 Å². The highest BCUT2D eigenvalue weighted by Gasteiger charge is 2.94. The second-order valence-electron chi connectivity index (χ2n) is 10.4. The van der Waals surface area contributed by atoms with E-state index in [-0.39, 0.29) is 30.8 Å². The molecule has 6 bridgehead atoms. The molecule has 7 aliphatic rings. The molecule has 3 aliphatic carbocycles. The maximum atomic E-state index is 12.7. The summed E-state index contributed by atoms with van der Waals surface area (Å²) >= 11 is 0. The van der Waals surface area contributed by atoms with Crippen molar-refractivity contribution in [3.8, 4) is 5.75 Å². The average Bonchev–Trinajstić information content (AvgIpc) is 3.00. The number of aliphatic hydroxyl groups is 5. The highest BCUT2D eigenvalue weighted by Crippen LogP contribution is 2.81. The summed E-state index contributed by atoms with van der Waals surface area (Å²) in [7, 11) is 0. The van der Waals surface area contributed by atoms with Crippen LogP contribution in [-0.4, -0.2) is 104 Å². The molecule has 11 atom stereocenters. The summed E-state index contributed by atoms with van der Waals surface area (Å²) in [6.07, 6.45) is -8.10. The minimum Gasteiger partial charge on any atom is -0.508 e. The van der Waals surface area contributed by atoms with E-state index in [0.717, 1.165) is 0 Å². The van der Waals surface area contributed by atoms with Crippen molar-refractivity contribution in [3.05, 3.63) is 29.8 Å². The van der Waals surface area contributed by atoms with Gasteiger partial charge in [-0.2, -0.15) is 0 Å². The topological polar surface area (TPSA) is 185 Å². The van der Waals surface area contributed by atoms with E-state index in [1.54, 1.807) is 6.92 Å². The van der Waals surface area contributed by atoms with E-state index in [0.29, 0.717) is 0 Å². The molecule has 4 saturated heterocycles. The smallest absolute Gasteiger partial charge is 0.338 e. The third-order valence-electron chi connectivity index (χ3n) is 8.66. The highest BCUT2D eigenvalue weighted by atomic mass is 16.8. The predicted molar refractivity (Wildman–Crippen MR) is 110 cm³/mol. The van der Waals surface area contributed by atoms with Gasteiger partial charge in [0.25, 0.3) is 0 Å². The fourth-order valence-electron chi connectivity index (χ4n) is 6.90. The lowest BCUT2D eigenvalue weighted by molar-refractivity contribution is -0.424. The molecule has 4 heterocycles. The van der Waals surface area contributed by atoms with Crippen molar-refractivity contribution >= 4 is 5.97 Å². The second-order valence-corrected chi connectivity index (χ2v) is 10.4. The third-order valence-corrected chi connectivity index (χ3v) is 8.66. The van der Waals surface area contributed by atoms with E-state index < -0.39 is 77.9 Å². The van der Waals surface area contributed by atoms with Gasteiger partial charge < -0.3 is 54.3 Å². The Morgan fingerprint density at radius 2 is 1.83 bits per heavy atom. The first-order valence-corrected chi connectivity index (χ1v) is 11.5. The largest absolute Gasteiger partial charge is 0.508 e. The van der Waals surface area contributed by atoms with Gasteiger partial charge in [-0.1, -0.05) is 0 Å². The Hall–Kier alpha value is -1.87. The van der Waals surface area contributed by atoms with Gasteiger partial charge in [0.15, 0.2) is 18.4 Å². The summed E-state index contributed by atoms with van der Waals surface area (Å²) in [6, 6.07) is 5.54. The second kappa shape index (κ2) is 7.34. The van der Waals surface area contributed by atoms with Crippen LogP contribution in [0.25, 0.3) is 0 Å². The average molecular weight is 496 g/mol. The number of ether oxygens (including phenoxy) is 5. The van der Waals surface area contributed by atoms with Crippen molar-refractivity contribution in [3.63, 3.8) is 0 Å². The number of hydrogen-bond donors (Lipinski definition) is 6. The normalized spacial score (nSPS) is 51.3. The minimum absolute atomic E-state index is 0.00282. The first-order chi connectivity index (χ1) is 16.5. The van der Waals surface area contributed by atoms with Crippen LogP contribution < -0.4 is 0 Å². The van der Waals surface area contributed by atoms with Gasteiger partial charge >= 0.3 is 5.97 Å². The van der Waals surface area contributed by atoms with E-state index in [1.165, 1.54) is 24.3 Å². The maximum absolute atomic E-state index is 12.7. The zero-order valence-electron chi connectivity index (χ0n) is 18.8. The third kappa shape index (κ3) is 2.80. The highest BCUT2D eigenvalue weighted by molar-refractivity contribution is 5.89. The first-order valence-electron chi connectivity index (χ1n) is 11.5. The van der Waals surface area contributed by atoms with Crippen molar-refractivity contribution in [2.45, 2.75) is 73.8 Å². The Balaban J connectivity index is 1.31. The summed E-state index contributed by atoms with van der Waals surface area (Å²) in [6.45, 7) is 0.878. The number of aromatic hydroxyl groups is 1. The predicted octanol–water partition coefficient (Wildman–Crippen LogP) is -1.65. The van der Waals surface area contributed by atoms with Crippen molar-refractivity contribution in [2.75, 3.05) is 13.2 Å². The lowest BCUT2D eigenvalue weighted by Gasteiger charge is -2.67. The van der Waals surface area contributed by atoms with Crippen LogP contribution in [0.2, 0.25) is 0 Å². The Bertz CT molecular complexity index is 1030. The van der Waals surface area contributed by atoms with Gasteiger partial charge in [0.05, 0.1) is 17.6 Å². The number of esters is 1. The van der Waals surface area contributed by atoms with Crippen molar-refractivity contribution in [2.24, 2.45) is 11.3 Å². The lowest BCUT2D eigenvalue weighted by atomic mass is 9.41. The van der Waals surface area contributed by atoms with E-state index >= 15 is 0 Å². The SMILES string of the molecule is C[C@@]12C[C@@]3(O)O[C@H](O1)[C@]1(COC(=O)c4ccc(O)cc4)[C@@H]3C[C@]12O[C@@H]1O[C@H](CO)[C@H](O)[C@H](O)[C@H]1O. The Labute approximate surface area is 199 Å². The van der Waals surface area contributed by atoms with Gasteiger partial charge in [-0.05, 0) is 37.6 Å². The van der Waals surface area contributed by atoms with Gasteiger partial charge in [0, 0.05) is 12.3 Å². The number of benzene rings is 1. The van der Waals surface area contributed by atoms with E-state index in [2.05, 4.69) is 0 Å². The monoisotopic (exact) mass is 496 g/mol. The molecule has 0 unspecified atom stereocenters. The number of carbonyl (C=O) groups excluding carboxylic acids is 1. The summed E-state index contributed by atoms with van der Waals surface area (Å²) < 4.78 is 29.6. The molecule has 4 aliphatic heterocycles. The molecular formula is C23H28O12. The van der Waals surface area contributed by atoms with E-state index in [9.17, 15) is 35.4 Å². The molecule has 6 N–H and O–H groups in total. The minimum atomic E-state index is -1.64. The maximum Gasteiger partial charge on any atom is 0.338 e. The molecule has 192 valence electrons. The summed E-state index contributed by atoms with van der Waals surface area (Å²) in [5.41, 5.74) is -3.27. The molecule has 7 fully saturated rings. The van der Waals surface area contributed by atoms with Crippen LogP contribution in [0.4, 0.5) is 0 Å². The Morgan fingerprint density at radius 3 is 2.51 bits per heavy atom. The molecule has 0 spiro atoms. The fourth-order valence-corrected chi connectivity index (χ4v) is 6.90. The number of hydrogen-bond acceptors (Lipinski definition) is 12. The number of carbonyl (C=O) groups is 1. The summed E-state index contributed by atoms with van der Waals surface area (Å²) in [4.78, 5) is 12.7. The lowest BCUT2D eigenvalue weighted by Crippen LogP contribution is -2.80. The van der Waals surface area contributed by atoms with Crippen molar-refractivity contribution < 1.29 is 59.1 Å². The number of phenolic OH excluding ortho intramolecular Hbond substituents is 1. The van der Waals surface area contributed by atoms with Crippen LogP contribution in [0, 0.1) is 11.3 Å². The van der Waals surface area contributed by atoms with Crippen LogP contribution in [0.1, 0.15) is 30.1 Å². The standard InChI is InChI=1S/C23H28O12/c1-20-8-22(30)13-6-23(20,33-18-16(28)15(27)14(26)12(7-24)32-18)21(13,19(34-20)35-22)9-31-17(29)10-2-4-11(25)5-3-10/h2-5,12-16,18-19,24-28,30H,6-9H2,1H3/t12-,13+,14+,15+,16-,18+,19+,20+,21+,22-,23-/m1/s1.